The standard InChI is InChI=1S/C17H17BrN6O/c18-13-5-1-2-6-14(13)22-15(25)10-24-17-12(9-21-24)16(19-11-20-17)23-7-3-4-8-23/h1-2,5-6,9,11H,3-4,7-8,10H2,(H,22,25). The van der Waals surface area contributed by atoms with E-state index in [4.69, 9.17) is 0 Å². The number of para-hydroxylation sites is 1. The fourth-order valence-electron chi connectivity index (χ4n) is 3.07. The summed E-state index contributed by atoms with van der Waals surface area (Å²) in [5, 5.41) is 8.12. The smallest absolute Gasteiger partial charge is 0.246 e. The van der Waals surface area contributed by atoms with Crippen LogP contribution in [0.2, 0.25) is 0 Å². The van der Waals surface area contributed by atoms with E-state index in [0.717, 1.165) is 34.5 Å². The zero-order chi connectivity index (χ0) is 17.2. The Morgan fingerprint density at radius 2 is 2.00 bits per heavy atom. The fourth-order valence-corrected chi connectivity index (χ4v) is 3.45. The first-order valence-corrected chi connectivity index (χ1v) is 8.97. The Morgan fingerprint density at radius 1 is 1.20 bits per heavy atom. The zero-order valence-corrected chi connectivity index (χ0v) is 15.1. The highest BCUT2D eigenvalue weighted by Crippen LogP contribution is 2.26. The van der Waals surface area contributed by atoms with Gasteiger partial charge in [-0.3, -0.25) is 4.79 Å². The number of benzene rings is 1. The van der Waals surface area contributed by atoms with E-state index in [1.54, 1.807) is 17.2 Å². The van der Waals surface area contributed by atoms with Gasteiger partial charge in [-0.2, -0.15) is 5.10 Å². The Hall–Kier alpha value is -2.48. The average Bonchev–Trinajstić information content (AvgIpc) is 3.27. The molecular formula is C17H17BrN6O. The van der Waals surface area contributed by atoms with Gasteiger partial charge >= 0.3 is 0 Å². The molecule has 1 fully saturated rings. The minimum Gasteiger partial charge on any atom is -0.356 e. The molecule has 0 spiro atoms. The first-order valence-electron chi connectivity index (χ1n) is 8.18. The number of amides is 1. The van der Waals surface area contributed by atoms with E-state index in [1.807, 2.05) is 24.3 Å². The number of halogens is 1. The van der Waals surface area contributed by atoms with Crippen LogP contribution in [0.3, 0.4) is 0 Å². The van der Waals surface area contributed by atoms with Crippen LogP contribution in [0.5, 0.6) is 0 Å². The first kappa shape index (κ1) is 16.0. The van der Waals surface area contributed by atoms with Crippen molar-refractivity contribution in [2.75, 3.05) is 23.3 Å². The van der Waals surface area contributed by atoms with Gasteiger partial charge in [0.05, 0.1) is 17.3 Å². The molecule has 25 heavy (non-hydrogen) atoms. The summed E-state index contributed by atoms with van der Waals surface area (Å²) in [6, 6.07) is 7.50. The maximum Gasteiger partial charge on any atom is 0.246 e. The van der Waals surface area contributed by atoms with Gasteiger partial charge in [-0.1, -0.05) is 12.1 Å². The lowest BCUT2D eigenvalue weighted by atomic mass is 10.3. The van der Waals surface area contributed by atoms with Crippen LogP contribution in [0.25, 0.3) is 11.0 Å². The minimum absolute atomic E-state index is 0.0985. The highest BCUT2D eigenvalue weighted by molar-refractivity contribution is 9.10. The summed E-state index contributed by atoms with van der Waals surface area (Å²) in [4.78, 5) is 23.4. The van der Waals surface area contributed by atoms with E-state index in [-0.39, 0.29) is 12.5 Å². The van der Waals surface area contributed by atoms with E-state index in [9.17, 15) is 4.79 Å². The Morgan fingerprint density at radius 3 is 2.80 bits per heavy atom. The van der Waals surface area contributed by atoms with E-state index in [1.165, 1.54) is 12.8 Å². The molecule has 1 amide bonds. The Labute approximate surface area is 153 Å². The third kappa shape index (κ3) is 3.21. The van der Waals surface area contributed by atoms with Crippen LogP contribution < -0.4 is 10.2 Å². The highest BCUT2D eigenvalue weighted by Gasteiger charge is 2.19. The van der Waals surface area contributed by atoms with Crippen molar-refractivity contribution in [2.45, 2.75) is 19.4 Å². The second kappa shape index (κ2) is 6.79. The zero-order valence-electron chi connectivity index (χ0n) is 13.5. The molecule has 2 aromatic heterocycles. The van der Waals surface area contributed by atoms with Crippen molar-refractivity contribution in [1.29, 1.82) is 0 Å². The molecule has 0 saturated carbocycles. The third-order valence-corrected chi connectivity index (χ3v) is 4.95. The lowest BCUT2D eigenvalue weighted by Gasteiger charge is -2.16. The van der Waals surface area contributed by atoms with Crippen LogP contribution in [0, 0.1) is 0 Å². The molecule has 7 nitrogen and oxygen atoms in total. The molecule has 8 heteroatoms. The predicted molar refractivity (Wildman–Crippen MR) is 99.5 cm³/mol. The van der Waals surface area contributed by atoms with Crippen molar-refractivity contribution in [2.24, 2.45) is 0 Å². The summed E-state index contributed by atoms with van der Waals surface area (Å²) >= 11 is 3.43. The molecule has 1 aliphatic rings. The van der Waals surface area contributed by atoms with Crippen molar-refractivity contribution in [3.8, 4) is 0 Å². The highest BCUT2D eigenvalue weighted by atomic mass is 79.9. The van der Waals surface area contributed by atoms with E-state index >= 15 is 0 Å². The normalized spacial score (nSPS) is 14.2. The second-order valence-electron chi connectivity index (χ2n) is 5.96. The quantitative estimate of drug-likeness (QED) is 0.728. The molecule has 1 saturated heterocycles. The molecular weight excluding hydrogens is 384 g/mol. The number of carbonyl (C=O) groups is 1. The number of aromatic nitrogens is 4. The fraction of sp³-hybridized carbons (Fsp3) is 0.294. The van der Waals surface area contributed by atoms with Crippen molar-refractivity contribution in [3.05, 3.63) is 41.3 Å². The lowest BCUT2D eigenvalue weighted by molar-refractivity contribution is -0.116. The maximum absolute atomic E-state index is 12.4. The summed E-state index contributed by atoms with van der Waals surface area (Å²) in [5.74, 6) is 0.748. The van der Waals surface area contributed by atoms with Gasteiger partial charge in [0.1, 0.15) is 18.7 Å². The largest absolute Gasteiger partial charge is 0.356 e. The summed E-state index contributed by atoms with van der Waals surface area (Å²) in [6.07, 6.45) is 5.64. The number of fused-ring (bicyclic) bond motifs is 1. The van der Waals surface area contributed by atoms with Crippen LogP contribution in [0.15, 0.2) is 41.3 Å². The first-order chi connectivity index (χ1) is 12.2. The number of hydrogen-bond acceptors (Lipinski definition) is 5. The lowest BCUT2D eigenvalue weighted by Crippen LogP contribution is -2.21. The second-order valence-corrected chi connectivity index (χ2v) is 6.81. The number of hydrogen-bond donors (Lipinski definition) is 1. The summed E-state index contributed by atoms with van der Waals surface area (Å²) in [5.41, 5.74) is 1.41. The van der Waals surface area contributed by atoms with Crippen molar-refractivity contribution in [3.63, 3.8) is 0 Å². The molecule has 1 aliphatic heterocycles. The Kier molecular flexibility index (Phi) is 4.35. The summed E-state index contributed by atoms with van der Waals surface area (Å²) in [6.45, 7) is 2.10. The number of carbonyl (C=O) groups excluding carboxylic acids is 1. The molecule has 1 N–H and O–H groups in total. The summed E-state index contributed by atoms with van der Waals surface area (Å²) < 4.78 is 2.45. The Balaban J connectivity index is 1.57. The van der Waals surface area contributed by atoms with Gasteiger partial charge in [-0.15, -0.1) is 0 Å². The molecule has 3 heterocycles. The molecule has 0 atom stereocenters. The maximum atomic E-state index is 12.4. The van der Waals surface area contributed by atoms with E-state index < -0.39 is 0 Å². The molecule has 1 aromatic carbocycles. The van der Waals surface area contributed by atoms with Gasteiger partial charge in [-0.25, -0.2) is 14.6 Å². The number of anilines is 2. The van der Waals surface area contributed by atoms with Gasteiger partial charge in [0.25, 0.3) is 0 Å². The van der Waals surface area contributed by atoms with Gasteiger partial charge in [-0.05, 0) is 40.9 Å². The van der Waals surface area contributed by atoms with Crippen molar-refractivity contribution >= 4 is 44.4 Å². The molecule has 0 aliphatic carbocycles. The van der Waals surface area contributed by atoms with Crippen LogP contribution in [0.4, 0.5) is 11.5 Å². The van der Waals surface area contributed by atoms with Gasteiger partial charge in [0.15, 0.2) is 5.65 Å². The van der Waals surface area contributed by atoms with Crippen LogP contribution >= 0.6 is 15.9 Å². The topological polar surface area (TPSA) is 75.9 Å². The molecule has 128 valence electrons. The minimum atomic E-state index is -0.154. The SMILES string of the molecule is O=C(Cn1ncc2c(N3CCCC3)ncnc21)Nc1ccccc1Br. The third-order valence-electron chi connectivity index (χ3n) is 4.26. The average molecular weight is 401 g/mol. The van der Waals surface area contributed by atoms with Crippen LogP contribution in [-0.2, 0) is 11.3 Å². The van der Waals surface area contributed by atoms with Crippen LogP contribution in [-0.4, -0.2) is 38.7 Å². The number of rotatable bonds is 4. The van der Waals surface area contributed by atoms with E-state index in [2.05, 4.69) is 41.2 Å². The number of nitrogens with zero attached hydrogens (tertiary/aromatic N) is 5. The van der Waals surface area contributed by atoms with Gasteiger partial charge < -0.3 is 10.2 Å². The van der Waals surface area contributed by atoms with Gasteiger partial charge in [0, 0.05) is 17.6 Å². The monoisotopic (exact) mass is 400 g/mol. The molecule has 0 bridgehead atoms. The van der Waals surface area contributed by atoms with E-state index in [0.29, 0.717) is 5.65 Å². The Bertz CT molecular complexity index is 918. The van der Waals surface area contributed by atoms with Crippen molar-refractivity contribution in [1.82, 2.24) is 19.7 Å². The van der Waals surface area contributed by atoms with Crippen molar-refractivity contribution < 1.29 is 4.79 Å². The molecule has 3 aromatic rings. The molecule has 0 unspecified atom stereocenters. The van der Waals surface area contributed by atoms with Crippen LogP contribution in [0.1, 0.15) is 12.8 Å². The van der Waals surface area contributed by atoms with Gasteiger partial charge in [0.2, 0.25) is 5.91 Å². The molecule has 4 rings (SSSR count). The summed E-state index contributed by atoms with van der Waals surface area (Å²) in [7, 11) is 0. The molecule has 0 radical (unpaired) electrons. The predicted octanol–water partition coefficient (Wildman–Crippen LogP) is 2.83. The number of nitrogens with one attached hydrogen (secondary N) is 1.